The number of benzene rings is 1. The summed E-state index contributed by atoms with van der Waals surface area (Å²) in [6.07, 6.45) is 0. The molecule has 0 radical (unpaired) electrons. The van der Waals surface area contributed by atoms with Crippen molar-refractivity contribution in [1.82, 2.24) is 4.90 Å². The zero-order valence-corrected chi connectivity index (χ0v) is 9.61. The van der Waals surface area contributed by atoms with Gasteiger partial charge in [0, 0.05) is 33.8 Å². The van der Waals surface area contributed by atoms with E-state index in [1.54, 1.807) is 37.2 Å². The number of hydrogen-bond acceptors (Lipinski definition) is 3. The van der Waals surface area contributed by atoms with E-state index < -0.39 is 0 Å². The first-order valence-corrected chi connectivity index (χ1v) is 4.72. The standard InChI is InChI=1S/C11H17N3O/c1-13(2)10-7-8(5-6-9(10)12)11(15)14(3)4/h5-7H,12H2,1-4H3. The van der Waals surface area contributed by atoms with E-state index in [0.29, 0.717) is 11.3 Å². The van der Waals surface area contributed by atoms with Crippen LogP contribution in [0.25, 0.3) is 0 Å². The molecule has 0 unspecified atom stereocenters. The van der Waals surface area contributed by atoms with Crippen molar-refractivity contribution >= 4 is 17.3 Å². The number of carbonyl (C=O) groups is 1. The predicted octanol–water partition coefficient (Wildman–Crippen LogP) is 1.04. The first-order chi connectivity index (χ1) is 6.93. The lowest BCUT2D eigenvalue weighted by atomic mass is 10.1. The number of nitrogens with two attached hydrogens (primary N) is 1. The minimum Gasteiger partial charge on any atom is -0.397 e. The molecule has 0 bridgehead atoms. The van der Waals surface area contributed by atoms with Crippen LogP contribution in [0.1, 0.15) is 10.4 Å². The highest BCUT2D eigenvalue weighted by molar-refractivity contribution is 5.95. The van der Waals surface area contributed by atoms with Gasteiger partial charge in [-0.25, -0.2) is 0 Å². The summed E-state index contributed by atoms with van der Waals surface area (Å²) in [5.74, 6) is -0.0156. The van der Waals surface area contributed by atoms with Crippen molar-refractivity contribution in [2.45, 2.75) is 0 Å². The molecule has 0 aliphatic carbocycles. The molecule has 0 saturated heterocycles. The summed E-state index contributed by atoms with van der Waals surface area (Å²) >= 11 is 0. The van der Waals surface area contributed by atoms with E-state index in [1.807, 2.05) is 19.0 Å². The van der Waals surface area contributed by atoms with Crippen LogP contribution in [-0.4, -0.2) is 39.0 Å². The van der Waals surface area contributed by atoms with Crippen LogP contribution in [0.15, 0.2) is 18.2 Å². The second kappa shape index (κ2) is 4.21. The minimum absolute atomic E-state index is 0.0156. The van der Waals surface area contributed by atoms with E-state index in [-0.39, 0.29) is 5.91 Å². The molecule has 0 aromatic heterocycles. The van der Waals surface area contributed by atoms with Crippen LogP contribution in [0.5, 0.6) is 0 Å². The normalized spacial score (nSPS) is 9.87. The second-order valence-corrected chi connectivity index (χ2v) is 3.87. The summed E-state index contributed by atoms with van der Waals surface area (Å²) in [6, 6.07) is 5.30. The number of anilines is 2. The summed E-state index contributed by atoms with van der Waals surface area (Å²) in [6.45, 7) is 0. The summed E-state index contributed by atoms with van der Waals surface area (Å²) < 4.78 is 0. The Kier molecular flexibility index (Phi) is 3.19. The lowest BCUT2D eigenvalue weighted by Gasteiger charge is -2.17. The maximum absolute atomic E-state index is 11.7. The van der Waals surface area contributed by atoms with Gasteiger partial charge in [-0.2, -0.15) is 0 Å². The first-order valence-electron chi connectivity index (χ1n) is 4.72. The molecule has 82 valence electrons. The highest BCUT2D eigenvalue weighted by atomic mass is 16.2. The van der Waals surface area contributed by atoms with Crippen LogP contribution in [0.4, 0.5) is 11.4 Å². The quantitative estimate of drug-likeness (QED) is 0.737. The molecule has 0 spiro atoms. The molecule has 2 N–H and O–H groups in total. The van der Waals surface area contributed by atoms with Crippen LogP contribution in [0.3, 0.4) is 0 Å². The van der Waals surface area contributed by atoms with E-state index in [0.717, 1.165) is 5.69 Å². The van der Waals surface area contributed by atoms with Gasteiger partial charge in [-0.3, -0.25) is 4.79 Å². The van der Waals surface area contributed by atoms with Gasteiger partial charge in [-0.1, -0.05) is 0 Å². The highest BCUT2D eigenvalue weighted by Crippen LogP contribution is 2.22. The van der Waals surface area contributed by atoms with Crippen LogP contribution in [0, 0.1) is 0 Å². The van der Waals surface area contributed by atoms with Gasteiger partial charge in [0.2, 0.25) is 0 Å². The Morgan fingerprint density at radius 1 is 1.20 bits per heavy atom. The lowest BCUT2D eigenvalue weighted by molar-refractivity contribution is 0.0827. The highest BCUT2D eigenvalue weighted by Gasteiger charge is 2.10. The Bertz CT molecular complexity index is 372. The molecule has 0 heterocycles. The Morgan fingerprint density at radius 2 is 1.80 bits per heavy atom. The Hall–Kier alpha value is -1.71. The molecular weight excluding hydrogens is 190 g/mol. The van der Waals surface area contributed by atoms with Crippen molar-refractivity contribution in [3.63, 3.8) is 0 Å². The Labute approximate surface area is 90.3 Å². The molecule has 4 nitrogen and oxygen atoms in total. The molecule has 0 aliphatic rings. The van der Waals surface area contributed by atoms with Crippen molar-refractivity contribution in [2.75, 3.05) is 38.8 Å². The smallest absolute Gasteiger partial charge is 0.253 e. The number of nitrogens with zero attached hydrogens (tertiary/aromatic N) is 2. The summed E-state index contributed by atoms with van der Waals surface area (Å²) in [7, 11) is 7.26. The fourth-order valence-corrected chi connectivity index (χ4v) is 1.32. The number of hydrogen-bond donors (Lipinski definition) is 1. The van der Waals surface area contributed by atoms with Crippen LogP contribution in [-0.2, 0) is 0 Å². The van der Waals surface area contributed by atoms with Crippen LogP contribution < -0.4 is 10.6 Å². The molecule has 1 amide bonds. The van der Waals surface area contributed by atoms with E-state index in [4.69, 9.17) is 5.73 Å². The molecule has 1 aromatic carbocycles. The third-order valence-electron chi connectivity index (χ3n) is 2.17. The van der Waals surface area contributed by atoms with Crippen LogP contribution >= 0.6 is 0 Å². The van der Waals surface area contributed by atoms with Gasteiger partial charge in [-0.15, -0.1) is 0 Å². The summed E-state index contributed by atoms with van der Waals surface area (Å²) in [5, 5.41) is 0. The topological polar surface area (TPSA) is 49.6 Å². The van der Waals surface area contributed by atoms with Crippen molar-refractivity contribution < 1.29 is 4.79 Å². The average molecular weight is 207 g/mol. The molecular formula is C11H17N3O. The third-order valence-corrected chi connectivity index (χ3v) is 2.17. The molecule has 1 rings (SSSR count). The average Bonchev–Trinajstić information content (AvgIpc) is 2.16. The molecule has 0 atom stereocenters. The van der Waals surface area contributed by atoms with E-state index in [2.05, 4.69) is 0 Å². The van der Waals surface area contributed by atoms with Crippen molar-refractivity contribution in [2.24, 2.45) is 0 Å². The minimum atomic E-state index is -0.0156. The van der Waals surface area contributed by atoms with Crippen molar-refractivity contribution in [1.29, 1.82) is 0 Å². The fourth-order valence-electron chi connectivity index (χ4n) is 1.32. The van der Waals surface area contributed by atoms with Gasteiger partial charge in [0.25, 0.3) is 5.91 Å². The monoisotopic (exact) mass is 207 g/mol. The maximum atomic E-state index is 11.7. The van der Waals surface area contributed by atoms with Gasteiger partial charge >= 0.3 is 0 Å². The summed E-state index contributed by atoms with van der Waals surface area (Å²) in [4.78, 5) is 15.1. The summed E-state index contributed by atoms with van der Waals surface area (Å²) in [5.41, 5.74) is 7.99. The molecule has 0 fully saturated rings. The predicted molar refractivity (Wildman–Crippen MR) is 63.2 cm³/mol. The zero-order valence-electron chi connectivity index (χ0n) is 9.61. The van der Waals surface area contributed by atoms with E-state index in [1.165, 1.54) is 0 Å². The number of carbonyl (C=O) groups excluding carboxylic acids is 1. The molecule has 0 aliphatic heterocycles. The van der Waals surface area contributed by atoms with Gasteiger partial charge in [0.05, 0.1) is 11.4 Å². The van der Waals surface area contributed by atoms with Gasteiger partial charge in [0.1, 0.15) is 0 Å². The fraction of sp³-hybridized carbons (Fsp3) is 0.364. The van der Waals surface area contributed by atoms with Crippen molar-refractivity contribution in [3.05, 3.63) is 23.8 Å². The Balaban J connectivity index is 3.13. The second-order valence-electron chi connectivity index (χ2n) is 3.87. The number of nitrogen functional groups attached to an aromatic ring is 1. The molecule has 1 aromatic rings. The maximum Gasteiger partial charge on any atom is 0.253 e. The number of amides is 1. The molecule has 0 saturated carbocycles. The molecule has 15 heavy (non-hydrogen) atoms. The zero-order chi connectivity index (χ0) is 11.6. The largest absolute Gasteiger partial charge is 0.397 e. The SMILES string of the molecule is CN(C)C(=O)c1ccc(N)c(N(C)C)c1. The van der Waals surface area contributed by atoms with E-state index >= 15 is 0 Å². The molecule has 4 heteroatoms. The van der Waals surface area contributed by atoms with Gasteiger partial charge in [0.15, 0.2) is 0 Å². The first kappa shape index (κ1) is 11.4. The Morgan fingerprint density at radius 3 is 2.27 bits per heavy atom. The van der Waals surface area contributed by atoms with Crippen LogP contribution in [0.2, 0.25) is 0 Å². The third kappa shape index (κ3) is 2.40. The lowest BCUT2D eigenvalue weighted by Crippen LogP contribution is -2.22. The van der Waals surface area contributed by atoms with E-state index in [9.17, 15) is 4.79 Å². The van der Waals surface area contributed by atoms with Crippen molar-refractivity contribution in [3.8, 4) is 0 Å². The van der Waals surface area contributed by atoms with Gasteiger partial charge < -0.3 is 15.5 Å². The van der Waals surface area contributed by atoms with Gasteiger partial charge in [-0.05, 0) is 18.2 Å². The number of rotatable bonds is 2.